The fraction of sp³-hybridized carbons (Fsp3) is 0.524. The van der Waals surface area contributed by atoms with Crippen LogP contribution in [0.3, 0.4) is 0 Å². The summed E-state index contributed by atoms with van der Waals surface area (Å²) in [6, 6.07) is 5.45. The number of carbonyl (C=O) groups excluding carboxylic acids is 2. The van der Waals surface area contributed by atoms with Crippen LogP contribution in [0.1, 0.15) is 31.4 Å². The number of aryl methyl sites for hydroxylation is 1. The number of carbonyl (C=O) groups is 2. The third-order valence-corrected chi connectivity index (χ3v) is 6.16. The Kier molecular flexibility index (Phi) is 6.22. The molecule has 2 saturated heterocycles. The fourth-order valence-electron chi connectivity index (χ4n) is 4.18. The summed E-state index contributed by atoms with van der Waals surface area (Å²) in [4.78, 5) is 33.9. The van der Waals surface area contributed by atoms with Crippen LogP contribution in [0.2, 0.25) is 5.02 Å². The van der Waals surface area contributed by atoms with Gasteiger partial charge in [0.25, 0.3) is 0 Å². The Hall–Kier alpha value is -2.61. The quantitative estimate of drug-likeness (QED) is 0.799. The van der Waals surface area contributed by atoms with Crippen molar-refractivity contribution in [1.29, 1.82) is 0 Å². The molecule has 2 amide bonds. The van der Waals surface area contributed by atoms with Gasteiger partial charge >= 0.3 is 0 Å². The molecule has 0 aromatic carbocycles. The highest BCUT2D eigenvalue weighted by Crippen LogP contribution is 2.26. The van der Waals surface area contributed by atoms with Crippen LogP contribution in [0.4, 0.5) is 11.6 Å². The molecule has 2 aliphatic heterocycles. The predicted octanol–water partition coefficient (Wildman–Crippen LogP) is 3.13. The van der Waals surface area contributed by atoms with Crippen LogP contribution < -0.4 is 10.2 Å². The first-order valence-corrected chi connectivity index (χ1v) is 10.8. The monoisotopic (exact) mass is 431 g/mol. The van der Waals surface area contributed by atoms with E-state index in [2.05, 4.69) is 20.4 Å². The maximum atomic E-state index is 13.0. The molecular formula is C21H26ClN5O3. The fourth-order valence-corrected chi connectivity index (χ4v) is 4.30. The summed E-state index contributed by atoms with van der Waals surface area (Å²) in [5.41, 5.74) is 0. The van der Waals surface area contributed by atoms with Crippen LogP contribution in [-0.2, 0) is 9.59 Å². The molecule has 0 saturated carbocycles. The molecule has 0 bridgehead atoms. The first-order chi connectivity index (χ1) is 14.5. The molecule has 2 aromatic rings. The normalized spacial score (nSPS) is 18.5. The third kappa shape index (κ3) is 4.75. The van der Waals surface area contributed by atoms with Gasteiger partial charge in [0.05, 0.1) is 5.02 Å². The van der Waals surface area contributed by atoms with Gasteiger partial charge in [-0.25, -0.2) is 4.98 Å². The summed E-state index contributed by atoms with van der Waals surface area (Å²) < 4.78 is 4.98. The zero-order chi connectivity index (χ0) is 21.1. The van der Waals surface area contributed by atoms with Gasteiger partial charge in [-0.1, -0.05) is 16.8 Å². The minimum absolute atomic E-state index is 0.0389. The number of halogens is 1. The van der Waals surface area contributed by atoms with Gasteiger partial charge in [-0.15, -0.1) is 0 Å². The first kappa shape index (κ1) is 20.7. The largest absolute Gasteiger partial charge is 0.360 e. The number of nitrogens with zero attached hydrogens (tertiary/aromatic N) is 4. The maximum absolute atomic E-state index is 13.0. The molecule has 0 aliphatic carbocycles. The lowest BCUT2D eigenvalue weighted by Crippen LogP contribution is -2.46. The van der Waals surface area contributed by atoms with Crippen molar-refractivity contribution in [1.82, 2.24) is 15.0 Å². The SMILES string of the molecule is Cc1cc(NC(=O)C2CCN(C(=O)C3CCN(c4ccc(Cl)cn4)CC3)CC2)no1. The standard InChI is InChI=1S/C21H26ClN5O3/c1-14-12-18(25-30-14)24-20(28)15-4-10-27(11-5-15)21(29)16-6-8-26(9-7-16)19-3-2-17(22)13-23-19/h2-3,12-13,15-16H,4-11H2,1H3,(H,24,25,28). The topological polar surface area (TPSA) is 91.6 Å². The van der Waals surface area contributed by atoms with Crippen LogP contribution in [-0.4, -0.2) is 53.0 Å². The number of piperidine rings is 2. The van der Waals surface area contributed by atoms with Gasteiger partial charge in [-0.05, 0) is 44.7 Å². The number of rotatable bonds is 4. The zero-order valence-corrected chi connectivity index (χ0v) is 17.8. The van der Waals surface area contributed by atoms with E-state index in [1.54, 1.807) is 19.2 Å². The Morgan fingerprint density at radius 2 is 1.80 bits per heavy atom. The second-order valence-corrected chi connectivity index (χ2v) is 8.44. The van der Waals surface area contributed by atoms with E-state index >= 15 is 0 Å². The maximum Gasteiger partial charge on any atom is 0.228 e. The number of pyridine rings is 1. The average molecular weight is 432 g/mol. The van der Waals surface area contributed by atoms with Crippen LogP contribution in [0, 0.1) is 18.8 Å². The van der Waals surface area contributed by atoms with Gasteiger partial charge in [0, 0.05) is 50.3 Å². The Morgan fingerprint density at radius 1 is 1.10 bits per heavy atom. The van der Waals surface area contributed by atoms with Crippen molar-refractivity contribution >= 4 is 35.1 Å². The highest BCUT2D eigenvalue weighted by Gasteiger charge is 2.33. The lowest BCUT2D eigenvalue weighted by atomic mass is 9.91. The van der Waals surface area contributed by atoms with E-state index in [4.69, 9.17) is 16.1 Å². The molecule has 9 heteroatoms. The zero-order valence-electron chi connectivity index (χ0n) is 17.0. The van der Waals surface area contributed by atoms with Crippen molar-refractivity contribution in [3.63, 3.8) is 0 Å². The van der Waals surface area contributed by atoms with Gasteiger partial charge in [-0.2, -0.15) is 0 Å². The minimum atomic E-state index is -0.108. The molecule has 0 radical (unpaired) electrons. The minimum Gasteiger partial charge on any atom is -0.360 e. The highest BCUT2D eigenvalue weighted by molar-refractivity contribution is 6.30. The number of hydrogen-bond acceptors (Lipinski definition) is 6. The summed E-state index contributed by atoms with van der Waals surface area (Å²) in [6.45, 7) is 4.63. The molecule has 1 N–H and O–H groups in total. The number of nitrogens with one attached hydrogen (secondary N) is 1. The summed E-state index contributed by atoms with van der Waals surface area (Å²) in [5, 5.41) is 7.22. The molecule has 2 fully saturated rings. The van der Waals surface area contributed by atoms with Crippen LogP contribution >= 0.6 is 11.6 Å². The summed E-state index contributed by atoms with van der Waals surface area (Å²) in [5.74, 6) is 2.09. The van der Waals surface area contributed by atoms with E-state index in [1.807, 2.05) is 17.0 Å². The second kappa shape index (κ2) is 9.04. The Balaban J connectivity index is 1.23. The summed E-state index contributed by atoms with van der Waals surface area (Å²) in [6.07, 6.45) is 4.62. The first-order valence-electron chi connectivity index (χ1n) is 10.4. The van der Waals surface area contributed by atoms with Gasteiger partial charge in [0.1, 0.15) is 11.6 Å². The van der Waals surface area contributed by atoms with Crippen molar-refractivity contribution in [2.45, 2.75) is 32.6 Å². The van der Waals surface area contributed by atoms with E-state index in [0.717, 1.165) is 31.7 Å². The molecule has 4 rings (SSSR count). The van der Waals surface area contributed by atoms with E-state index in [9.17, 15) is 9.59 Å². The Morgan fingerprint density at radius 3 is 2.40 bits per heavy atom. The van der Waals surface area contributed by atoms with E-state index in [1.165, 1.54) is 0 Å². The molecule has 0 atom stereocenters. The predicted molar refractivity (Wildman–Crippen MR) is 113 cm³/mol. The van der Waals surface area contributed by atoms with Gasteiger partial charge in [0.2, 0.25) is 11.8 Å². The lowest BCUT2D eigenvalue weighted by Gasteiger charge is -2.37. The molecule has 160 valence electrons. The van der Waals surface area contributed by atoms with Crippen molar-refractivity contribution in [3.05, 3.63) is 35.2 Å². The lowest BCUT2D eigenvalue weighted by molar-refractivity contribution is -0.139. The molecule has 0 spiro atoms. The number of likely N-dealkylation sites (tertiary alicyclic amines) is 1. The molecule has 30 heavy (non-hydrogen) atoms. The van der Waals surface area contributed by atoms with Crippen molar-refractivity contribution in [2.75, 3.05) is 36.4 Å². The van der Waals surface area contributed by atoms with E-state index in [0.29, 0.717) is 42.5 Å². The van der Waals surface area contributed by atoms with Crippen molar-refractivity contribution in [3.8, 4) is 0 Å². The molecule has 8 nitrogen and oxygen atoms in total. The van der Waals surface area contributed by atoms with Gasteiger partial charge in [0.15, 0.2) is 5.82 Å². The van der Waals surface area contributed by atoms with Crippen molar-refractivity contribution < 1.29 is 14.1 Å². The average Bonchev–Trinajstić information content (AvgIpc) is 3.18. The third-order valence-electron chi connectivity index (χ3n) is 5.94. The van der Waals surface area contributed by atoms with Crippen molar-refractivity contribution in [2.24, 2.45) is 11.8 Å². The second-order valence-electron chi connectivity index (χ2n) is 8.01. The van der Waals surface area contributed by atoms with Crippen LogP contribution in [0.5, 0.6) is 0 Å². The summed E-state index contributed by atoms with van der Waals surface area (Å²) in [7, 11) is 0. The smallest absolute Gasteiger partial charge is 0.228 e. The van der Waals surface area contributed by atoms with E-state index in [-0.39, 0.29) is 23.7 Å². The van der Waals surface area contributed by atoms with Gasteiger partial charge < -0.3 is 19.6 Å². The number of hydrogen-bond donors (Lipinski definition) is 1. The number of anilines is 2. The Labute approximate surface area is 180 Å². The van der Waals surface area contributed by atoms with Gasteiger partial charge in [-0.3, -0.25) is 9.59 Å². The summed E-state index contributed by atoms with van der Waals surface area (Å²) >= 11 is 5.91. The number of amides is 2. The molecule has 4 heterocycles. The number of aromatic nitrogens is 2. The van der Waals surface area contributed by atoms with Crippen LogP contribution in [0.25, 0.3) is 0 Å². The van der Waals surface area contributed by atoms with E-state index < -0.39 is 0 Å². The molecule has 2 aliphatic rings. The molecule has 2 aromatic heterocycles. The Bertz CT molecular complexity index is 884. The molecular weight excluding hydrogens is 406 g/mol. The highest BCUT2D eigenvalue weighted by atomic mass is 35.5. The molecule has 0 unspecified atom stereocenters. The van der Waals surface area contributed by atoms with Crippen LogP contribution in [0.15, 0.2) is 28.9 Å².